The zero-order chi connectivity index (χ0) is 12.0. The molecule has 0 amide bonds. The lowest BCUT2D eigenvalue weighted by Crippen LogP contribution is -2.11. The monoisotopic (exact) mass is 296 g/mol. The van der Waals surface area contributed by atoms with Crippen LogP contribution in [0.4, 0.5) is 5.69 Å². The van der Waals surface area contributed by atoms with Crippen molar-refractivity contribution in [1.82, 2.24) is 0 Å². The SMILES string of the molecule is Cl.NCCSN=Nc1ccc(S(N)(=O)=O)cc1. The van der Waals surface area contributed by atoms with E-state index in [0.717, 1.165) is 0 Å². The second-order valence-corrected chi connectivity index (χ2v) is 5.23. The molecule has 0 radical (unpaired) electrons. The third-order valence-corrected chi connectivity index (χ3v) is 3.13. The number of nitrogens with two attached hydrogens (primary N) is 2. The minimum atomic E-state index is -3.64. The van der Waals surface area contributed by atoms with Crippen molar-refractivity contribution in [2.24, 2.45) is 20.5 Å². The van der Waals surface area contributed by atoms with Gasteiger partial charge in [0, 0.05) is 12.3 Å². The number of rotatable bonds is 5. The average molecular weight is 297 g/mol. The molecule has 0 spiro atoms. The molecule has 0 aliphatic carbocycles. The van der Waals surface area contributed by atoms with Crippen LogP contribution in [0.5, 0.6) is 0 Å². The van der Waals surface area contributed by atoms with Crippen LogP contribution in [0.25, 0.3) is 0 Å². The molecule has 1 aromatic rings. The van der Waals surface area contributed by atoms with Gasteiger partial charge in [0.1, 0.15) is 0 Å². The number of primary sulfonamides is 1. The molecule has 0 saturated carbocycles. The van der Waals surface area contributed by atoms with Gasteiger partial charge in [-0.15, -0.1) is 22.0 Å². The number of benzene rings is 1. The van der Waals surface area contributed by atoms with Crippen molar-refractivity contribution in [3.8, 4) is 0 Å². The highest BCUT2D eigenvalue weighted by Crippen LogP contribution is 2.17. The van der Waals surface area contributed by atoms with Gasteiger partial charge in [0.05, 0.1) is 10.6 Å². The maximum atomic E-state index is 10.9. The first-order valence-electron chi connectivity index (χ1n) is 4.40. The molecule has 9 heteroatoms. The van der Waals surface area contributed by atoms with E-state index in [0.29, 0.717) is 18.0 Å². The molecule has 1 aromatic carbocycles. The van der Waals surface area contributed by atoms with Crippen LogP contribution in [0.1, 0.15) is 0 Å². The summed E-state index contributed by atoms with van der Waals surface area (Å²) in [6.07, 6.45) is 0. The second-order valence-electron chi connectivity index (χ2n) is 2.84. The Morgan fingerprint density at radius 3 is 2.29 bits per heavy atom. The maximum Gasteiger partial charge on any atom is 0.238 e. The fraction of sp³-hybridized carbons (Fsp3) is 0.250. The number of hydrogen-bond acceptors (Lipinski definition) is 6. The maximum absolute atomic E-state index is 10.9. The third kappa shape index (κ3) is 5.99. The van der Waals surface area contributed by atoms with Crippen LogP contribution in [-0.2, 0) is 10.0 Å². The summed E-state index contributed by atoms with van der Waals surface area (Å²) in [5.74, 6) is 0.693. The van der Waals surface area contributed by atoms with Crippen molar-refractivity contribution in [3.05, 3.63) is 24.3 Å². The first kappa shape index (κ1) is 16.3. The summed E-state index contributed by atoms with van der Waals surface area (Å²) >= 11 is 1.25. The lowest BCUT2D eigenvalue weighted by atomic mass is 10.3. The Balaban J connectivity index is 0.00000256. The van der Waals surface area contributed by atoms with E-state index in [2.05, 4.69) is 9.63 Å². The Morgan fingerprint density at radius 1 is 1.24 bits per heavy atom. The van der Waals surface area contributed by atoms with E-state index >= 15 is 0 Å². The largest absolute Gasteiger partial charge is 0.330 e. The Labute approximate surface area is 110 Å². The van der Waals surface area contributed by atoms with Crippen LogP contribution < -0.4 is 10.9 Å². The van der Waals surface area contributed by atoms with E-state index in [1.165, 1.54) is 36.2 Å². The minimum Gasteiger partial charge on any atom is -0.330 e. The molecule has 0 fully saturated rings. The van der Waals surface area contributed by atoms with Crippen LogP contribution in [-0.4, -0.2) is 20.7 Å². The van der Waals surface area contributed by atoms with Crippen LogP contribution in [0, 0.1) is 0 Å². The number of sulfonamides is 1. The van der Waals surface area contributed by atoms with Gasteiger partial charge in [-0.1, -0.05) is 0 Å². The molecule has 0 heterocycles. The summed E-state index contributed by atoms with van der Waals surface area (Å²) in [5.41, 5.74) is 5.84. The number of nitrogens with zero attached hydrogens (tertiary/aromatic N) is 2. The summed E-state index contributed by atoms with van der Waals surface area (Å²) in [4.78, 5) is 0.0565. The molecule has 0 bridgehead atoms. The molecule has 96 valence electrons. The summed E-state index contributed by atoms with van der Waals surface area (Å²) in [7, 11) is -3.64. The van der Waals surface area contributed by atoms with Gasteiger partial charge in [-0.2, -0.15) is 0 Å². The molecule has 0 unspecified atom stereocenters. The number of halogens is 1. The van der Waals surface area contributed by atoms with E-state index < -0.39 is 10.0 Å². The van der Waals surface area contributed by atoms with Gasteiger partial charge < -0.3 is 5.73 Å². The fourth-order valence-electron chi connectivity index (χ4n) is 0.872. The summed E-state index contributed by atoms with van der Waals surface area (Å²) in [6, 6.07) is 5.84. The van der Waals surface area contributed by atoms with Crippen molar-refractivity contribution < 1.29 is 8.42 Å². The molecular weight excluding hydrogens is 284 g/mol. The van der Waals surface area contributed by atoms with Crippen molar-refractivity contribution in [2.45, 2.75) is 4.90 Å². The highest BCUT2D eigenvalue weighted by atomic mass is 35.5. The van der Waals surface area contributed by atoms with Gasteiger partial charge in [0.25, 0.3) is 0 Å². The van der Waals surface area contributed by atoms with Crippen molar-refractivity contribution in [1.29, 1.82) is 0 Å². The lowest BCUT2D eigenvalue weighted by molar-refractivity contribution is 0.598. The molecule has 0 aromatic heterocycles. The van der Waals surface area contributed by atoms with Crippen molar-refractivity contribution in [2.75, 3.05) is 12.3 Å². The van der Waals surface area contributed by atoms with Crippen LogP contribution in [0.3, 0.4) is 0 Å². The summed E-state index contributed by atoms with van der Waals surface area (Å²) < 4.78 is 25.7. The highest BCUT2D eigenvalue weighted by Gasteiger charge is 2.05. The molecular formula is C8H13ClN4O2S2. The van der Waals surface area contributed by atoms with Crippen LogP contribution in [0.15, 0.2) is 38.8 Å². The first-order chi connectivity index (χ1) is 7.54. The number of hydrogen-bond donors (Lipinski definition) is 2. The highest BCUT2D eigenvalue weighted by molar-refractivity contribution is 7.97. The van der Waals surface area contributed by atoms with E-state index in [4.69, 9.17) is 10.9 Å². The quantitative estimate of drug-likeness (QED) is 0.486. The molecule has 1 rings (SSSR count). The van der Waals surface area contributed by atoms with Gasteiger partial charge in [-0.25, -0.2) is 13.6 Å². The zero-order valence-corrected chi connectivity index (χ0v) is 11.3. The molecule has 0 saturated heterocycles. The van der Waals surface area contributed by atoms with E-state index in [1.54, 1.807) is 0 Å². The second kappa shape index (κ2) is 7.62. The average Bonchev–Trinajstić information content (AvgIpc) is 2.24. The Morgan fingerprint density at radius 2 is 1.82 bits per heavy atom. The standard InChI is InChI=1S/C8H12N4O2S2.ClH/c9-5-6-15-12-11-7-1-3-8(4-2-7)16(10,13)14;/h1-4H,5-6,9H2,(H2,10,13,14);1H. The van der Waals surface area contributed by atoms with Crippen LogP contribution in [0.2, 0.25) is 0 Å². The molecule has 0 aliphatic heterocycles. The van der Waals surface area contributed by atoms with Crippen molar-refractivity contribution in [3.63, 3.8) is 0 Å². The molecule has 0 atom stereocenters. The van der Waals surface area contributed by atoms with Crippen molar-refractivity contribution >= 4 is 40.1 Å². The van der Waals surface area contributed by atoms with Crippen LogP contribution >= 0.6 is 24.4 Å². The van der Waals surface area contributed by atoms with Gasteiger partial charge in [-0.3, -0.25) is 0 Å². The normalized spacial score (nSPS) is 11.4. The van der Waals surface area contributed by atoms with Gasteiger partial charge in [0.2, 0.25) is 10.0 Å². The summed E-state index contributed by atoms with van der Waals surface area (Å²) in [6.45, 7) is 0.536. The van der Waals surface area contributed by atoms with E-state index in [1.807, 2.05) is 0 Å². The van der Waals surface area contributed by atoms with E-state index in [-0.39, 0.29) is 17.3 Å². The van der Waals surface area contributed by atoms with Gasteiger partial charge in [-0.05, 0) is 36.2 Å². The third-order valence-electron chi connectivity index (χ3n) is 1.59. The molecule has 17 heavy (non-hydrogen) atoms. The van der Waals surface area contributed by atoms with Gasteiger partial charge in [0.15, 0.2) is 0 Å². The van der Waals surface area contributed by atoms with E-state index in [9.17, 15) is 8.42 Å². The fourth-order valence-corrected chi connectivity index (χ4v) is 1.73. The zero-order valence-electron chi connectivity index (χ0n) is 8.81. The Kier molecular flexibility index (Phi) is 7.32. The van der Waals surface area contributed by atoms with Gasteiger partial charge >= 0.3 is 0 Å². The smallest absolute Gasteiger partial charge is 0.238 e. The Bertz CT molecular complexity index is 461. The first-order valence-corrected chi connectivity index (χ1v) is 6.89. The molecule has 0 aliphatic rings. The predicted molar refractivity (Wildman–Crippen MR) is 71.1 cm³/mol. The summed E-state index contributed by atoms with van der Waals surface area (Å²) in [5, 5.41) is 8.81. The molecule has 4 N–H and O–H groups in total. The molecule has 6 nitrogen and oxygen atoms in total. The lowest BCUT2D eigenvalue weighted by Gasteiger charge is -1.97. The topological polar surface area (TPSA) is 111 Å². The predicted octanol–water partition coefficient (Wildman–Crippen LogP) is 1.45. The minimum absolute atomic E-state index is 0. The Hall–Kier alpha value is -0.670.